The van der Waals surface area contributed by atoms with Gasteiger partial charge in [-0.3, -0.25) is 0 Å². The largest absolute Gasteiger partial charge is 0.371 e. The van der Waals surface area contributed by atoms with Crippen LogP contribution >= 0.6 is 0 Å². The maximum atomic E-state index is 3.61. The average molecular weight is 216 g/mol. The van der Waals surface area contributed by atoms with Crippen LogP contribution in [0.3, 0.4) is 0 Å². The molecule has 1 unspecified atom stereocenters. The topological polar surface area (TPSA) is 15.3 Å². The van der Waals surface area contributed by atoms with E-state index in [2.05, 4.69) is 34.5 Å². The minimum atomic E-state index is 0.594. The maximum Gasteiger partial charge on any atom is 0.0414 e. The first-order chi connectivity index (χ1) is 7.95. The molecular formula is C14H20N2. The number of nitrogens with one attached hydrogen (secondary N) is 1. The van der Waals surface area contributed by atoms with Crippen molar-refractivity contribution in [3.8, 4) is 0 Å². The van der Waals surface area contributed by atoms with E-state index in [1.165, 1.54) is 56.6 Å². The summed E-state index contributed by atoms with van der Waals surface area (Å²) in [4.78, 5) is 2.55. The van der Waals surface area contributed by atoms with Gasteiger partial charge in [-0.25, -0.2) is 0 Å². The molecule has 1 atom stereocenters. The van der Waals surface area contributed by atoms with Gasteiger partial charge in [-0.1, -0.05) is 18.2 Å². The van der Waals surface area contributed by atoms with Crippen LogP contribution in [0.25, 0.3) is 0 Å². The Bertz CT molecular complexity index is 315. The fourth-order valence-electron chi connectivity index (χ4n) is 2.98. The molecule has 0 saturated carbocycles. The predicted octanol–water partition coefficient (Wildman–Crippen LogP) is 2.71. The molecule has 2 aliphatic heterocycles. The van der Waals surface area contributed by atoms with E-state index in [4.69, 9.17) is 0 Å². The number of rotatable bonds is 2. The van der Waals surface area contributed by atoms with E-state index < -0.39 is 0 Å². The van der Waals surface area contributed by atoms with E-state index in [9.17, 15) is 0 Å². The second kappa shape index (κ2) is 4.46. The minimum absolute atomic E-state index is 0.594. The molecule has 2 saturated heterocycles. The predicted molar refractivity (Wildman–Crippen MR) is 67.9 cm³/mol. The first-order valence-electron chi connectivity index (χ1n) is 6.52. The van der Waals surface area contributed by atoms with Crippen LogP contribution in [-0.4, -0.2) is 19.6 Å². The minimum Gasteiger partial charge on any atom is -0.371 e. The molecule has 2 heterocycles. The third kappa shape index (κ3) is 1.82. The van der Waals surface area contributed by atoms with Crippen LogP contribution in [0.15, 0.2) is 24.3 Å². The molecule has 0 aliphatic carbocycles. The molecule has 1 N–H and O–H groups in total. The number of para-hydroxylation sites is 1. The van der Waals surface area contributed by atoms with E-state index in [0.29, 0.717) is 6.04 Å². The first-order valence-corrected chi connectivity index (χ1v) is 6.52. The van der Waals surface area contributed by atoms with Gasteiger partial charge < -0.3 is 10.2 Å². The highest BCUT2D eigenvalue weighted by atomic mass is 15.1. The van der Waals surface area contributed by atoms with Gasteiger partial charge in [0.15, 0.2) is 0 Å². The SMILES string of the molecule is c1ccc(N2CCCC2)c(C2CCCN2)c1. The number of hydrogen-bond acceptors (Lipinski definition) is 2. The zero-order chi connectivity index (χ0) is 10.8. The quantitative estimate of drug-likeness (QED) is 0.817. The number of benzene rings is 1. The van der Waals surface area contributed by atoms with Crippen LogP contribution < -0.4 is 10.2 Å². The van der Waals surface area contributed by atoms with Crippen LogP contribution in [0.5, 0.6) is 0 Å². The summed E-state index contributed by atoms with van der Waals surface area (Å²) in [5.41, 5.74) is 2.99. The van der Waals surface area contributed by atoms with E-state index in [1.54, 1.807) is 0 Å². The van der Waals surface area contributed by atoms with Crippen molar-refractivity contribution < 1.29 is 0 Å². The molecule has 1 aromatic rings. The van der Waals surface area contributed by atoms with Crippen molar-refractivity contribution >= 4 is 5.69 Å². The fraction of sp³-hybridized carbons (Fsp3) is 0.571. The van der Waals surface area contributed by atoms with Crippen LogP contribution in [0.4, 0.5) is 5.69 Å². The molecule has 2 aliphatic rings. The summed E-state index contributed by atoms with van der Waals surface area (Å²) in [7, 11) is 0. The van der Waals surface area contributed by atoms with Crippen LogP contribution in [-0.2, 0) is 0 Å². The maximum absolute atomic E-state index is 3.61. The molecule has 0 aromatic heterocycles. The molecule has 2 fully saturated rings. The third-order valence-corrected chi connectivity index (χ3v) is 3.82. The Morgan fingerprint density at radius 1 is 1.06 bits per heavy atom. The van der Waals surface area contributed by atoms with Crippen molar-refractivity contribution in [3.05, 3.63) is 29.8 Å². The zero-order valence-electron chi connectivity index (χ0n) is 9.78. The normalized spacial score (nSPS) is 25.2. The molecule has 2 nitrogen and oxygen atoms in total. The highest BCUT2D eigenvalue weighted by Gasteiger charge is 2.22. The van der Waals surface area contributed by atoms with Crippen molar-refractivity contribution in [2.75, 3.05) is 24.5 Å². The molecule has 86 valence electrons. The standard InChI is InChI=1S/C14H20N2/c1-2-8-14(16-10-3-4-11-16)12(6-1)13-7-5-9-15-13/h1-2,6,8,13,15H,3-5,7,9-11H2. The summed E-state index contributed by atoms with van der Waals surface area (Å²) in [6.07, 6.45) is 5.32. The van der Waals surface area contributed by atoms with Gasteiger partial charge in [-0.2, -0.15) is 0 Å². The molecular weight excluding hydrogens is 196 g/mol. The average Bonchev–Trinajstić information content (AvgIpc) is 3.03. The smallest absolute Gasteiger partial charge is 0.0414 e. The molecule has 0 spiro atoms. The Kier molecular flexibility index (Phi) is 2.83. The Labute approximate surface area is 97.6 Å². The molecule has 0 amide bonds. The summed E-state index contributed by atoms with van der Waals surface area (Å²) in [6.45, 7) is 3.66. The zero-order valence-corrected chi connectivity index (χ0v) is 9.78. The van der Waals surface area contributed by atoms with Crippen molar-refractivity contribution in [3.63, 3.8) is 0 Å². The Morgan fingerprint density at radius 2 is 1.88 bits per heavy atom. The van der Waals surface area contributed by atoms with E-state index in [1.807, 2.05) is 0 Å². The van der Waals surface area contributed by atoms with Crippen molar-refractivity contribution in [2.45, 2.75) is 31.7 Å². The number of nitrogens with zero attached hydrogens (tertiary/aromatic N) is 1. The molecule has 1 aromatic carbocycles. The molecule has 2 heteroatoms. The van der Waals surface area contributed by atoms with Gasteiger partial charge in [0.25, 0.3) is 0 Å². The van der Waals surface area contributed by atoms with Gasteiger partial charge in [0, 0.05) is 24.8 Å². The summed E-state index contributed by atoms with van der Waals surface area (Å²) in [6, 6.07) is 9.54. The molecule has 3 rings (SSSR count). The second-order valence-electron chi connectivity index (χ2n) is 4.90. The number of anilines is 1. The molecule has 0 bridgehead atoms. The summed E-state index contributed by atoms with van der Waals surface area (Å²) < 4.78 is 0. The summed E-state index contributed by atoms with van der Waals surface area (Å²) in [5.74, 6) is 0. The van der Waals surface area contributed by atoms with Gasteiger partial charge in [0.05, 0.1) is 0 Å². The van der Waals surface area contributed by atoms with Crippen molar-refractivity contribution in [1.82, 2.24) is 5.32 Å². The van der Waals surface area contributed by atoms with Crippen molar-refractivity contribution in [2.24, 2.45) is 0 Å². The monoisotopic (exact) mass is 216 g/mol. The number of hydrogen-bond donors (Lipinski definition) is 1. The first kappa shape index (κ1) is 10.2. The highest BCUT2D eigenvalue weighted by Crippen LogP contribution is 2.32. The Hall–Kier alpha value is -1.02. The lowest BCUT2D eigenvalue weighted by atomic mass is 10.0. The third-order valence-electron chi connectivity index (χ3n) is 3.82. The van der Waals surface area contributed by atoms with Crippen LogP contribution in [0.1, 0.15) is 37.3 Å². The molecule has 0 radical (unpaired) electrons. The van der Waals surface area contributed by atoms with Gasteiger partial charge in [0.1, 0.15) is 0 Å². The summed E-state index contributed by atoms with van der Waals surface area (Å²) >= 11 is 0. The molecule has 16 heavy (non-hydrogen) atoms. The fourth-order valence-corrected chi connectivity index (χ4v) is 2.98. The van der Waals surface area contributed by atoms with Gasteiger partial charge in [-0.05, 0) is 43.9 Å². The van der Waals surface area contributed by atoms with Crippen LogP contribution in [0, 0.1) is 0 Å². The van der Waals surface area contributed by atoms with E-state index in [-0.39, 0.29) is 0 Å². The van der Waals surface area contributed by atoms with Gasteiger partial charge in [-0.15, -0.1) is 0 Å². The Morgan fingerprint density at radius 3 is 2.62 bits per heavy atom. The lowest BCUT2D eigenvalue weighted by Gasteiger charge is -2.24. The van der Waals surface area contributed by atoms with E-state index >= 15 is 0 Å². The lowest BCUT2D eigenvalue weighted by Crippen LogP contribution is -2.22. The van der Waals surface area contributed by atoms with E-state index in [0.717, 1.165) is 0 Å². The van der Waals surface area contributed by atoms with Gasteiger partial charge >= 0.3 is 0 Å². The second-order valence-corrected chi connectivity index (χ2v) is 4.90. The Balaban J connectivity index is 1.90. The van der Waals surface area contributed by atoms with Gasteiger partial charge in [0.2, 0.25) is 0 Å². The lowest BCUT2D eigenvalue weighted by molar-refractivity contribution is 0.645. The summed E-state index contributed by atoms with van der Waals surface area (Å²) in [5, 5.41) is 3.61. The highest BCUT2D eigenvalue weighted by molar-refractivity contribution is 5.55. The van der Waals surface area contributed by atoms with Crippen LogP contribution in [0.2, 0.25) is 0 Å². The van der Waals surface area contributed by atoms with Crippen molar-refractivity contribution in [1.29, 1.82) is 0 Å².